The molecule has 1 aliphatic rings. The van der Waals surface area contributed by atoms with Gasteiger partial charge in [0.1, 0.15) is 11.8 Å². The zero-order chi connectivity index (χ0) is 24.9. The van der Waals surface area contributed by atoms with Crippen LogP contribution < -0.4 is 20.9 Å². The fraction of sp³-hybridized carbons (Fsp3) is 0.240. The average molecular weight is 497 g/mol. The zero-order valence-electron chi connectivity index (χ0n) is 19.2. The average Bonchev–Trinajstić information content (AvgIpc) is 3.31. The van der Waals surface area contributed by atoms with Gasteiger partial charge in [-0.25, -0.2) is 4.79 Å². The second-order valence-electron chi connectivity index (χ2n) is 7.98. The number of likely N-dealkylation sites (tertiary alicyclic amines) is 1. The summed E-state index contributed by atoms with van der Waals surface area (Å²) in [6.45, 7) is 0.265. The highest BCUT2D eigenvalue weighted by atomic mass is 35.5. The van der Waals surface area contributed by atoms with Crippen LogP contribution in [-0.4, -0.2) is 54.3 Å². The van der Waals surface area contributed by atoms with E-state index in [9.17, 15) is 14.4 Å². The third kappa shape index (κ3) is 5.47. The Kier molecular flexibility index (Phi) is 7.38. The quantitative estimate of drug-likeness (QED) is 0.541. The minimum Gasteiger partial charge on any atom is -0.494 e. The molecule has 1 saturated heterocycles. The Morgan fingerprint density at radius 3 is 2.49 bits per heavy atom. The third-order valence-corrected chi connectivity index (χ3v) is 6.05. The number of ether oxygens (including phenoxy) is 2. The van der Waals surface area contributed by atoms with Gasteiger partial charge in [0.2, 0.25) is 5.91 Å². The molecule has 2 atom stereocenters. The van der Waals surface area contributed by atoms with Crippen molar-refractivity contribution in [3.05, 3.63) is 82.2 Å². The molecule has 1 aliphatic heterocycles. The summed E-state index contributed by atoms with van der Waals surface area (Å²) in [5.41, 5.74) is 1.39. The SMILES string of the molecule is COc1cc(-n2ccccc2=O)ccc1NC(=O)[C@H]1C[C@@H](OC)CN1C(=O)Nc1ccc(Cl)cc1. The van der Waals surface area contributed by atoms with E-state index >= 15 is 0 Å². The van der Waals surface area contributed by atoms with Gasteiger partial charge in [-0.3, -0.25) is 14.2 Å². The summed E-state index contributed by atoms with van der Waals surface area (Å²) < 4.78 is 12.4. The molecule has 2 heterocycles. The smallest absolute Gasteiger partial charge is 0.322 e. The third-order valence-electron chi connectivity index (χ3n) is 5.80. The molecule has 0 aliphatic carbocycles. The summed E-state index contributed by atoms with van der Waals surface area (Å²) in [4.78, 5) is 39.8. The standard InChI is InChI=1S/C25H25ClN4O5/c1-34-19-14-21(30(15-19)25(33)27-17-8-6-16(26)7-9-17)24(32)28-20-11-10-18(13-22(20)35-2)29-12-4-3-5-23(29)31/h3-13,19,21H,14-15H2,1-2H3,(H,27,33)(H,28,32)/t19-,21-/m1/s1. The number of carbonyl (C=O) groups is 2. The number of nitrogens with zero attached hydrogens (tertiary/aromatic N) is 2. The van der Waals surface area contributed by atoms with Crippen molar-refractivity contribution in [1.29, 1.82) is 0 Å². The summed E-state index contributed by atoms with van der Waals surface area (Å²) in [6.07, 6.45) is 1.71. The predicted octanol–water partition coefficient (Wildman–Crippen LogP) is 3.76. The fourth-order valence-corrected chi connectivity index (χ4v) is 4.09. The molecule has 35 heavy (non-hydrogen) atoms. The van der Waals surface area contributed by atoms with Crippen LogP contribution in [0.3, 0.4) is 0 Å². The Labute approximate surface area is 207 Å². The second-order valence-corrected chi connectivity index (χ2v) is 8.42. The number of urea groups is 1. The Morgan fingerprint density at radius 2 is 1.80 bits per heavy atom. The van der Waals surface area contributed by atoms with Gasteiger partial charge < -0.3 is 25.0 Å². The molecule has 182 valence electrons. The molecule has 2 aromatic carbocycles. The van der Waals surface area contributed by atoms with Gasteiger partial charge in [0.05, 0.1) is 24.6 Å². The Morgan fingerprint density at radius 1 is 1.03 bits per heavy atom. The van der Waals surface area contributed by atoms with Crippen molar-refractivity contribution in [3.8, 4) is 11.4 Å². The van der Waals surface area contributed by atoms with Crippen molar-refractivity contribution in [1.82, 2.24) is 9.47 Å². The molecule has 3 aromatic rings. The van der Waals surface area contributed by atoms with Crippen molar-refractivity contribution in [3.63, 3.8) is 0 Å². The van der Waals surface area contributed by atoms with Gasteiger partial charge in [0.15, 0.2) is 0 Å². The molecule has 4 rings (SSSR count). The number of methoxy groups -OCH3 is 2. The highest BCUT2D eigenvalue weighted by Crippen LogP contribution is 2.29. The van der Waals surface area contributed by atoms with E-state index in [-0.39, 0.29) is 24.1 Å². The molecule has 0 saturated carbocycles. The number of rotatable bonds is 6. The largest absolute Gasteiger partial charge is 0.494 e. The number of anilines is 2. The molecule has 0 unspecified atom stereocenters. The van der Waals surface area contributed by atoms with Crippen LogP contribution in [0.15, 0.2) is 71.7 Å². The Balaban J connectivity index is 1.53. The molecular weight excluding hydrogens is 472 g/mol. The molecule has 3 amide bonds. The summed E-state index contributed by atoms with van der Waals surface area (Å²) in [7, 11) is 3.03. The van der Waals surface area contributed by atoms with Crippen molar-refractivity contribution in [2.75, 3.05) is 31.4 Å². The molecule has 1 aromatic heterocycles. The number of hydrogen-bond donors (Lipinski definition) is 2. The number of benzene rings is 2. The normalized spacial score (nSPS) is 17.2. The van der Waals surface area contributed by atoms with Crippen LogP contribution >= 0.6 is 11.6 Å². The Bertz CT molecular complexity index is 1280. The van der Waals surface area contributed by atoms with Gasteiger partial charge in [0, 0.05) is 49.1 Å². The zero-order valence-corrected chi connectivity index (χ0v) is 20.0. The van der Waals surface area contributed by atoms with Crippen LogP contribution in [0.5, 0.6) is 5.75 Å². The van der Waals surface area contributed by atoms with Crippen LogP contribution in [0, 0.1) is 0 Å². The molecular formula is C25H25ClN4O5. The summed E-state index contributed by atoms with van der Waals surface area (Å²) in [6, 6.07) is 15.4. The molecule has 2 N–H and O–H groups in total. The van der Waals surface area contributed by atoms with E-state index in [1.807, 2.05) is 0 Å². The topological polar surface area (TPSA) is 102 Å². The Hall–Kier alpha value is -3.82. The van der Waals surface area contributed by atoms with E-state index in [4.69, 9.17) is 21.1 Å². The number of carbonyl (C=O) groups excluding carboxylic acids is 2. The van der Waals surface area contributed by atoms with Gasteiger partial charge in [-0.1, -0.05) is 17.7 Å². The van der Waals surface area contributed by atoms with E-state index < -0.39 is 12.1 Å². The summed E-state index contributed by atoms with van der Waals surface area (Å²) >= 11 is 5.91. The lowest BCUT2D eigenvalue weighted by molar-refractivity contribution is -0.119. The number of halogens is 1. The lowest BCUT2D eigenvalue weighted by Crippen LogP contribution is -2.45. The van der Waals surface area contributed by atoms with Crippen LogP contribution in [0.2, 0.25) is 5.02 Å². The molecule has 9 nitrogen and oxygen atoms in total. The van der Waals surface area contributed by atoms with Crippen LogP contribution in [0.4, 0.5) is 16.2 Å². The van der Waals surface area contributed by atoms with E-state index in [1.54, 1.807) is 67.9 Å². The first-order valence-corrected chi connectivity index (χ1v) is 11.3. The monoisotopic (exact) mass is 496 g/mol. The first-order chi connectivity index (χ1) is 16.9. The molecule has 0 spiro atoms. The molecule has 0 bridgehead atoms. The van der Waals surface area contributed by atoms with Gasteiger partial charge in [-0.2, -0.15) is 0 Å². The van der Waals surface area contributed by atoms with E-state index in [0.29, 0.717) is 34.3 Å². The first-order valence-electron chi connectivity index (χ1n) is 10.9. The van der Waals surface area contributed by atoms with Crippen LogP contribution in [0.1, 0.15) is 6.42 Å². The highest BCUT2D eigenvalue weighted by Gasteiger charge is 2.40. The number of pyridine rings is 1. The molecule has 1 fully saturated rings. The minimum absolute atomic E-state index is 0.190. The number of amides is 3. The van der Waals surface area contributed by atoms with E-state index in [2.05, 4.69) is 10.6 Å². The van der Waals surface area contributed by atoms with Gasteiger partial charge in [-0.15, -0.1) is 0 Å². The van der Waals surface area contributed by atoms with Crippen molar-refractivity contribution in [2.45, 2.75) is 18.6 Å². The van der Waals surface area contributed by atoms with Gasteiger partial charge >= 0.3 is 6.03 Å². The molecule has 10 heteroatoms. The van der Waals surface area contributed by atoms with E-state index in [0.717, 1.165) is 0 Å². The first kappa shape index (κ1) is 24.3. The number of aromatic nitrogens is 1. The predicted molar refractivity (Wildman–Crippen MR) is 134 cm³/mol. The number of nitrogens with one attached hydrogen (secondary N) is 2. The van der Waals surface area contributed by atoms with Crippen molar-refractivity contribution in [2.24, 2.45) is 0 Å². The lowest BCUT2D eigenvalue weighted by Gasteiger charge is -2.24. The van der Waals surface area contributed by atoms with Crippen molar-refractivity contribution >= 4 is 34.9 Å². The van der Waals surface area contributed by atoms with E-state index in [1.165, 1.54) is 22.6 Å². The number of hydrogen-bond acceptors (Lipinski definition) is 5. The minimum atomic E-state index is -0.756. The maximum atomic E-state index is 13.2. The van der Waals surface area contributed by atoms with Crippen LogP contribution in [0.25, 0.3) is 5.69 Å². The fourth-order valence-electron chi connectivity index (χ4n) is 3.96. The summed E-state index contributed by atoms with van der Waals surface area (Å²) in [5, 5.41) is 6.20. The summed E-state index contributed by atoms with van der Waals surface area (Å²) in [5.74, 6) is 0.00351. The second kappa shape index (κ2) is 10.6. The van der Waals surface area contributed by atoms with Gasteiger partial charge in [0.25, 0.3) is 5.56 Å². The van der Waals surface area contributed by atoms with Gasteiger partial charge in [-0.05, 0) is 42.5 Å². The maximum absolute atomic E-state index is 13.2. The maximum Gasteiger partial charge on any atom is 0.322 e. The highest BCUT2D eigenvalue weighted by molar-refractivity contribution is 6.30. The van der Waals surface area contributed by atoms with Crippen molar-refractivity contribution < 1.29 is 19.1 Å². The lowest BCUT2D eigenvalue weighted by atomic mass is 10.1. The van der Waals surface area contributed by atoms with Crippen LogP contribution in [-0.2, 0) is 9.53 Å². The molecule has 0 radical (unpaired) electrons.